The molecular weight excluding hydrogens is 281 g/mol. The van der Waals surface area contributed by atoms with E-state index in [-0.39, 0.29) is 11.9 Å². The van der Waals surface area contributed by atoms with Crippen LogP contribution < -0.4 is 10.2 Å². The molecule has 5 nitrogen and oxygen atoms in total. The van der Waals surface area contributed by atoms with Crippen molar-refractivity contribution in [3.8, 4) is 0 Å². The van der Waals surface area contributed by atoms with Crippen molar-refractivity contribution in [1.82, 2.24) is 14.8 Å². The highest BCUT2D eigenvalue weighted by Crippen LogP contribution is 2.23. The highest BCUT2D eigenvalue weighted by Gasteiger charge is 2.24. The van der Waals surface area contributed by atoms with Gasteiger partial charge in [0.25, 0.3) is 0 Å². The molecular formula is C13H15ClFN5. The van der Waals surface area contributed by atoms with Crippen molar-refractivity contribution in [2.75, 3.05) is 23.3 Å². The van der Waals surface area contributed by atoms with Crippen LogP contribution in [0.25, 0.3) is 0 Å². The molecule has 1 aliphatic heterocycles. The molecule has 106 valence electrons. The first-order chi connectivity index (χ1) is 9.61. The molecule has 20 heavy (non-hydrogen) atoms. The van der Waals surface area contributed by atoms with Crippen LogP contribution in [0, 0.1) is 5.82 Å². The first-order valence-electron chi connectivity index (χ1n) is 6.43. The van der Waals surface area contributed by atoms with Gasteiger partial charge in [0.15, 0.2) is 11.6 Å². The molecule has 3 rings (SSSR count). The summed E-state index contributed by atoms with van der Waals surface area (Å²) in [5.74, 6) is -0.162. The van der Waals surface area contributed by atoms with Gasteiger partial charge in [-0.25, -0.2) is 9.37 Å². The number of pyridine rings is 1. The summed E-state index contributed by atoms with van der Waals surface area (Å²) >= 11 is 5.69. The van der Waals surface area contributed by atoms with Gasteiger partial charge in [-0.3, -0.25) is 4.68 Å². The number of aromatic nitrogens is 3. The van der Waals surface area contributed by atoms with Gasteiger partial charge in [0.2, 0.25) is 0 Å². The summed E-state index contributed by atoms with van der Waals surface area (Å²) in [6, 6.07) is 1.43. The molecule has 7 heteroatoms. The molecule has 2 aromatic heterocycles. The fourth-order valence-electron chi connectivity index (χ4n) is 2.40. The zero-order valence-electron chi connectivity index (χ0n) is 11.1. The molecule has 1 N–H and O–H groups in total. The summed E-state index contributed by atoms with van der Waals surface area (Å²) in [6.45, 7) is 1.72. The van der Waals surface area contributed by atoms with Gasteiger partial charge in [0, 0.05) is 38.6 Å². The van der Waals surface area contributed by atoms with Crippen molar-refractivity contribution in [3.63, 3.8) is 0 Å². The van der Waals surface area contributed by atoms with Gasteiger partial charge in [-0.2, -0.15) is 5.10 Å². The van der Waals surface area contributed by atoms with E-state index in [1.165, 1.54) is 12.3 Å². The molecule has 1 atom stereocenters. The largest absolute Gasteiger partial charge is 0.367 e. The highest BCUT2D eigenvalue weighted by molar-refractivity contribution is 6.30. The summed E-state index contributed by atoms with van der Waals surface area (Å²) in [4.78, 5) is 6.21. The number of nitrogens with zero attached hydrogens (tertiary/aromatic N) is 4. The SMILES string of the molecule is Cn1cc(N2CCC(Nc3ncc(Cl)cc3F)C2)cn1. The van der Waals surface area contributed by atoms with E-state index in [1.54, 1.807) is 4.68 Å². The van der Waals surface area contributed by atoms with E-state index in [2.05, 4.69) is 20.3 Å². The second-order valence-electron chi connectivity index (χ2n) is 4.93. The third-order valence-electron chi connectivity index (χ3n) is 3.39. The van der Waals surface area contributed by atoms with Gasteiger partial charge in [-0.15, -0.1) is 0 Å². The van der Waals surface area contributed by atoms with Crippen LogP contribution in [0.1, 0.15) is 6.42 Å². The van der Waals surface area contributed by atoms with E-state index in [0.717, 1.165) is 25.2 Å². The minimum absolute atomic E-state index is 0.165. The van der Waals surface area contributed by atoms with Crippen molar-refractivity contribution in [2.45, 2.75) is 12.5 Å². The van der Waals surface area contributed by atoms with Gasteiger partial charge >= 0.3 is 0 Å². The Morgan fingerprint density at radius 1 is 1.45 bits per heavy atom. The minimum atomic E-state index is -0.419. The van der Waals surface area contributed by atoms with E-state index in [0.29, 0.717) is 5.02 Å². The Bertz CT molecular complexity index is 615. The smallest absolute Gasteiger partial charge is 0.166 e. The molecule has 1 unspecified atom stereocenters. The molecule has 0 bridgehead atoms. The summed E-state index contributed by atoms with van der Waals surface area (Å²) in [6.07, 6.45) is 6.19. The maximum Gasteiger partial charge on any atom is 0.166 e. The maximum atomic E-state index is 13.7. The molecule has 0 aromatic carbocycles. The lowest BCUT2D eigenvalue weighted by Gasteiger charge is -2.17. The van der Waals surface area contributed by atoms with Gasteiger partial charge < -0.3 is 10.2 Å². The topological polar surface area (TPSA) is 46.0 Å². The molecule has 1 fully saturated rings. The van der Waals surface area contributed by atoms with Crippen molar-refractivity contribution in [1.29, 1.82) is 0 Å². The number of halogens is 2. The molecule has 0 saturated carbocycles. The second-order valence-corrected chi connectivity index (χ2v) is 5.37. The van der Waals surface area contributed by atoms with Crippen LogP contribution in [0.4, 0.5) is 15.9 Å². The van der Waals surface area contributed by atoms with Crippen molar-refractivity contribution in [3.05, 3.63) is 35.5 Å². The standard InChI is InChI=1S/C13H15ClFN5/c1-19-8-11(6-17-19)20-3-2-10(7-20)18-13-12(15)4-9(14)5-16-13/h4-6,8,10H,2-3,7H2,1H3,(H,16,18). The normalized spacial score (nSPS) is 18.6. The predicted molar refractivity (Wildman–Crippen MR) is 76.7 cm³/mol. The highest BCUT2D eigenvalue weighted by atomic mass is 35.5. The molecule has 0 radical (unpaired) electrons. The Labute approximate surface area is 121 Å². The molecule has 2 aromatic rings. The lowest BCUT2D eigenvalue weighted by atomic mass is 10.2. The summed E-state index contributed by atoms with van der Waals surface area (Å²) < 4.78 is 15.5. The van der Waals surface area contributed by atoms with Gasteiger partial charge in [0.1, 0.15) is 0 Å². The van der Waals surface area contributed by atoms with Crippen LogP contribution >= 0.6 is 11.6 Å². The Morgan fingerprint density at radius 2 is 2.30 bits per heavy atom. The van der Waals surface area contributed by atoms with Crippen LogP contribution in [0.2, 0.25) is 5.02 Å². The Kier molecular flexibility index (Phi) is 3.48. The molecule has 0 spiro atoms. The number of anilines is 2. The van der Waals surface area contributed by atoms with Crippen LogP contribution in [0.15, 0.2) is 24.7 Å². The number of hydrogen-bond acceptors (Lipinski definition) is 4. The van der Waals surface area contributed by atoms with Crippen LogP contribution in [0.5, 0.6) is 0 Å². The average Bonchev–Trinajstić information content (AvgIpc) is 3.02. The quantitative estimate of drug-likeness (QED) is 0.944. The molecule has 1 saturated heterocycles. The lowest BCUT2D eigenvalue weighted by molar-refractivity contribution is 0.620. The predicted octanol–water partition coefficient (Wildman–Crippen LogP) is 2.30. The summed E-state index contributed by atoms with van der Waals surface area (Å²) in [7, 11) is 1.89. The molecule has 0 amide bonds. The van der Waals surface area contributed by atoms with Gasteiger partial charge in [-0.1, -0.05) is 11.6 Å². The van der Waals surface area contributed by atoms with E-state index >= 15 is 0 Å². The Hall–Kier alpha value is -1.82. The van der Waals surface area contributed by atoms with Gasteiger partial charge in [-0.05, 0) is 12.5 Å². The number of rotatable bonds is 3. The van der Waals surface area contributed by atoms with Crippen LogP contribution in [-0.2, 0) is 7.05 Å². The average molecular weight is 296 g/mol. The third-order valence-corrected chi connectivity index (χ3v) is 3.60. The first kappa shape index (κ1) is 13.2. The maximum absolute atomic E-state index is 13.7. The molecule has 3 heterocycles. The van der Waals surface area contributed by atoms with Crippen molar-refractivity contribution >= 4 is 23.1 Å². The zero-order chi connectivity index (χ0) is 14.1. The molecule has 0 aliphatic carbocycles. The minimum Gasteiger partial charge on any atom is -0.367 e. The van der Waals surface area contributed by atoms with Crippen LogP contribution in [-0.4, -0.2) is 33.9 Å². The summed E-state index contributed by atoms with van der Waals surface area (Å²) in [5, 5.41) is 7.59. The zero-order valence-corrected chi connectivity index (χ0v) is 11.8. The lowest BCUT2D eigenvalue weighted by Crippen LogP contribution is -2.26. The number of hydrogen-bond donors (Lipinski definition) is 1. The first-order valence-corrected chi connectivity index (χ1v) is 6.81. The van der Waals surface area contributed by atoms with Crippen LogP contribution in [0.3, 0.4) is 0 Å². The number of nitrogens with one attached hydrogen (secondary N) is 1. The monoisotopic (exact) mass is 295 g/mol. The third kappa shape index (κ3) is 2.70. The fourth-order valence-corrected chi connectivity index (χ4v) is 2.54. The Morgan fingerprint density at radius 3 is 3.00 bits per heavy atom. The number of aryl methyl sites for hydroxylation is 1. The van der Waals surface area contributed by atoms with Crippen molar-refractivity contribution < 1.29 is 4.39 Å². The Balaban J connectivity index is 1.65. The van der Waals surface area contributed by atoms with Gasteiger partial charge in [0.05, 0.1) is 16.9 Å². The van der Waals surface area contributed by atoms with Crippen molar-refractivity contribution in [2.24, 2.45) is 7.05 Å². The van der Waals surface area contributed by atoms with E-state index in [1.807, 2.05) is 19.4 Å². The van der Waals surface area contributed by atoms with E-state index in [9.17, 15) is 4.39 Å². The molecule has 1 aliphatic rings. The second kappa shape index (κ2) is 5.28. The fraction of sp³-hybridized carbons (Fsp3) is 0.385. The summed E-state index contributed by atoms with van der Waals surface area (Å²) in [5.41, 5.74) is 1.08. The van der Waals surface area contributed by atoms with E-state index < -0.39 is 5.82 Å². The van der Waals surface area contributed by atoms with E-state index in [4.69, 9.17) is 11.6 Å².